The van der Waals surface area contributed by atoms with Crippen LogP contribution in [0.1, 0.15) is 19.4 Å². The number of benzene rings is 1. The molecule has 0 N–H and O–H groups in total. The van der Waals surface area contributed by atoms with Gasteiger partial charge in [0, 0.05) is 25.4 Å². The molecule has 1 heterocycles. The molecule has 23 heavy (non-hydrogen) atoms. The van der Waals surface area contributed by atoms with Crippen molar-refractivity contribution in [2.45, 2.75) is 25.6 Å². The van der Waals surface area contributed by atoms with Crippen LogP contribution in [0.2, 0.25) is 0 Å². The van der Waals surface area contributed by atoms with E-state index in [0.29, 0.717) is 6.54 Å². The van der Waals surface area contributed by atoms with E-state index in [1.165, 1.54) is 4.90 Å². The van der Waals surface area contributed by atoms with Gasteiger partial charge in [0.05, 0.1) is 17.1 Å². The largest absolute Gasteiger partial charge is 0.340 e. The molecule has 0 atom stereocenters. The summed E-state index contributed by atoms with van der Waals surface area (Å²) in [5, 5.41) is 3.71. The highest BCUT2D eigenvalue weighted by Gasteiger charge is 2.23. The lowest BCUT2D eigenvalue weighted by atomic mass is 10.3. The Kier molecular flexibility index (Phi) is 5.20. The Balaban J connectivity index is 2.02. The van der Waals surface area contributed by atoms with Crippen LogP contribution >= 0.6 is 0 Å². The number of sulfone groups is 1. The minimum atomic E-state index is -3.38. The molecular formula is C16H21N3O3S. The predicted molar refractivity (Wildman–Crippen MR) is 89.0 cm³/mol. The number of nitrogens with zero attached hydrogens (tertiary/aromatic N) is 3. The average Bonchev–Trinajstić information content (AvgIpc) is 2.96. The van der Waals surface area contributed by atoms with Crippen LogP contribution in [-0.4, -0.2) is 47.1 Å². The number of rotatable bonds is 6. The van der Waals surface area contributed by atoms with Crippen LogP contribution in [0.15, 0.2) is 42.7 Å². The molecule has 7 heteroatoms. The van der Waals surface area contributed by atoms with Gasteiger partial charge < -0.3 is 4.90 Å². The fourth-order valence-electron chi connectivity index (χ4n) is 1.97. The van der Waals surface area contributed by atoms with Gasteiger partial charge in [-0.15, -0.1) is 0 Å². The summed E-state index contributed by atoms with van der Waals surface area (Å²) in [6.45, 7) is 3.47. The van der Waals surface area contributed by atoms with E-state index < -0.39 is 26.7 Å². The van der Waals surface area contributed by atoms with Crippen molar-refractivity contribution in [1.82, 2.24) is 14.7 Å². The maximum Gasteiger partial charge on any atom is 0.237 e. The fourth-order valence-corrected chi connectivity index (χ4v) is 2.87. The van der Waals surface area contributed by atoms with Gasteiger partial charge in [0.2, 0.25) is 5.91 Å². The molecule has 1 amide bonds. The SMILES string of the molecule is CC(C)S(=O)(=O)CC(=O)N(C)Cc1cnn(-c2ccccc2)c1. The first kappa shape index (κ1) is 17.2. The normalized spacial score (nSPS) is 11.7. The summed E-state index contributed by atoms with van der Waals surface area (Å²) in [7, 11) is -1.79. The molecular weight excluding hydrogens is 314 g/mol. The van der Waals surface area contributed by atoms with Crippen LogP contribution in [0, 0.1) is 0 Å². The van der Waals surface area contributed by atoms with E-state index in [1.54, 1.807) is 31.8 Å². The molecule has 0 unspecified atom stereocenters. The number of carbonyl (C=O) groups excluding carboxylic acids is 1. The van der Waals surface area contributed by atoms with E-state index in [2.05, 4.69) is 5.10 Å². The van der Waals surface area contributed by atoms with Crippen molar-refractivity contribution < 1.29 is 13.2 Å². The zero-order valence-corrected chi connectivity index (χ0v) is 14.3. The molecule has 2 rings (SSSR count). The minimum absolute atomic E-state index is 0.319. The molecule has 124 valence electrons. The van der Waals surface area contributed by atoms with Gasteiger partial charge in [-0.3, -0.25) is 4.79 Å². The molecule has 0 saturated carbocycles. The Labute approximate surface area is 136 Å². The van der Waals surface area contributed by atoms with Crippen molar-refractivity contribution in [2.24, 2.45) is 0 Å². The second kappa shape index (κ2) is 6.95. The van der Waals surface area contributed by atoms with Crippen LogP contribution in [0.4, 0.5) is 0 Å². The quantitative estimate of drug-likeness (QED) is 0.805. The Morgan fingerprint density at radius 1 is 1.26 bits per heavy atom. The highest BCUT2D eigenvalue weighted by Crippen LogP contribution is 2.10. The Morgan fingerprint density at radius 2 is 1.91 bits per heavy atom. The number of amides is 1. The summed E-state index contributed by atoms with van der Waals surface area (Å²) in [5.41, 5.74) is 1.77. The second-order valence-electron chi connectivity index (χ2n) is 5.73. The molecule has 0 bridgehead atoms. The smallest absolute Gasteiger partial charge is 0.237 e. The number of carbonyl (C=O) groups is 1. The van der Waals surface area contributed by atoms with Gasteiger partial charge in [-0.2, -0.15) is 5.10 Å². The third-order valence-electron chi connectivity index (χ3n) is 3.55. The lowest BCUT2D eigenvalue weighted by Gasteiger charge is -2.17. The summed E-state index contributed by atoms with van der Waals surface area (Å²) in [6, 6.07) is 9.63. The average molecular weight is 335 g/mol. The van der Waals surface area contributed by atoms with E-state index in [4.69, 9.17) is 0 Å². The molecule has 0 saturated heterocycles. The third-order valence-corrected chi connectivity index (χ3v) is 5.63. The molecule has 0 fully saturated rings. The summed E-state index contributed by atoms with van der Waals surface area (Å²) >= 11 is 0. The van der Waals surface area contributed by atoms with Crippen LogP contribution in [-0.2, 0) is 21.2 Å². The zero-order chi connectivity index (χ0) is 17.0. The molecule has 0 spiro atoms. The Hall–Kier alpha value is -2.15. The Bertz CT molecular complexity index is 767. The molecule has 0 aliphatic heterocycles. The van der Waals surface area contributed by atoms with Crippen LogP contribution in [0.3, 0.4) is 0 Å². The van der Waals surface area contributed by atoms with Crippen LogP contribution in [0.5, 0.6) is 0 Å². The maximum absolute atomic E-state index is 12.1. The van der Waals surface area contributed by atoms with Gasteiger partial charge in [-0.1, -0.05) is 18.2 Å². The number of aromatic nitrogens is 2. The summed E-state index contributed by atoms with van der Waals surface area (Å²) in [4.78, 5) is 13.5. The summed E-state index contributed by atoms with van der Waals surface area (Å²) in [6.07, 6.45) is 3.50. The highest BCUT2D eigenvalue weighted by molar-refractivity contribution is 7.92. The lowest BCUT2D eigenvalue weighted by molar-refractivity contribution is -0.127. The molecule has 0 radical (unpaired) electrons. The summed E-state index contributed by atoms with van der Waals surface area (Å²) in [5.74, 6) is -0.875. The number of hydrogen-bond acceptors (Lipinski definition) is 4. The summed E-state index contributed by atoms with van der Waals surface area (Å²) < 4.78 is 25.4. The molecule has 0 aliphatic rings. The monoisotopic (exact) mass is 335 g/mol. The van der Waals surface area contributed by atoms with Crippen molar-refractivity contribution in [2.75, 3.05) is 12.8 Å². The van der Waals surface area contributed by atoms with Gasteiger partial charge in [-0.25, -0.2) is 13.1 Å². The molecule has 1 aromatic carbocycles. The predicted octanol–water partition coefficient (Wildman–Crippen LogP) is 1.65. The van der Waals surface area contributed by atoms with Crippen molar-refractivity contribution >= 4 is 15.7 Å². The highest BCUT2D eigenvalue weighted by atomic mass is 32.2. The molecule has 6 nitrogen and oxygen atoms in total. The van der Waals surface area contributed by atoms with Crippen LogP contribution < -0.4 is 0 Å². The standard InChI is InChI=1S/C16H21N3O3S/c1-13(2)23(21,22)12-16(20)18(3)10-14-9-17-19(11-14)15-7-5-4-6-8-15/h4-9,11,13H,10,12H2,1-3H3. The maximum atomic E-state index is 12.1. The van der Waals surface area contributed by atoms with Gasteiger partial charge >= 0.3 is 0 Å². The van der Waals surface area contributed by atoms with Gasteiger partial charge in [0.25, 0.3) is 0 Å². The first-order chi connectivity index (χ1) is 10.8. The molecule has 2 aromatic rings. The number of hydrogen-bond donors (Lipinski definition) is 0. The van der Waals surface area contributed by atoms with Crippen molar-refractivity contribution in [3.8, 4) is 5.69 Å². The fraction of sp³-hybridized carbons (Fsp3) is 0.375. The van der Waals surface area contributed by atoms with Gasteiger partial charge in [-0.05, 0) is 26.0 Å². The first-order valence-electron chi connectivity index (χ1n) is 7.34. The molecule has 1 aromatic heterocycles. The van der Waals surface area contributed by atoms with E-state index in [9.17, 15) is 13.2 Å². The topological polar surface area (TPSA) is 72.3 Å². The van der Waals surface area contributed by atoms with Crippen molar-refractivity contribution in [1.29, 1.82) is 0 Å². The van der Waals surface area contributed by atoms with Crippen molar-refractivity contribution in [3.05, 3.63) is 48.3 Å². The van der Waals surface area contributed by atoms with E-state index in [1.807, 2.05) is 36.5 Å². The first-order valence-corrected chi connectivity index (χ1v) is 9.05. The van der Waals surface area contributed by atoms with E-state index in [0.717, 1.165) is 11.3 Å². The Morgan fingerprint density at radius 3 is 2.52 bits per heavy atom. The lowest BCUT2D eigenvalue weighted by Crippen LogP contribution is -2.34. The molecule has 0 aliphatic carbocycles. The second-order valence-corrected chi connectivity index (χ2v) is 8.29. The van der Waals surface area contributed by atoms with Gasteiger partial charge in [0.15, 0.2) is 9.84 Å². The van der Waals surface area contributed by atoms with E-state index >= 15 is 0 Å². The van der Waals surface area contributed by atoms with Crippen molar-refractivity contribution in [3.63, 3.8) is 0 Å². The van der Waals surface area contributed by atoms with Gasteiger partial charge in [0.1, 0.15) is 5.75 Å². The third kappa shape index (κ3) is 4.41. The van der Waals surface area contributed by atoms with Crippen LogP contribution in [0.25, 0.3) is 5.69 Å². The number of para-hydroxylation sites is 1. The minimum Gasteiger partial charge on any atom is -0.340 e. The van der Waals surface area contributed by atoms with E-state index in [-0.39, 0.29) is 0 Å². The zero-order valence-electron chi connectivity index (χ0n) is 13.5.